The van der Waals surface area contributed by atoms with Crippen LogP contribution in [0.3, 0.4) is 0 Å². The van der Waals surface area contributed by atoms with Crippen molar-refractivity contribution in [3.63, 3.8) is 0 Å². The first-order valence-electron chi connectivity index (χ1n) is 6.24. The van der Waals surface area contributed by atoms with Gasteiger partial charge < -0.3 is 4.74 Å². The van der Waals surface area contributed by atoms with Gasteiger partial charge in [-0.2, -0.15) is 0 Å². The fraction of sp³-hybridized carbons (Fsp3) is 0.643. The molecule has 4 nitrogen and oxygen atoms in total. The van der Waals surface area contributed by atoms with Gasteiger partial charge in [0.2, 0.25) is 0 Å². The lowest BCUT2D eigenvalue weighted by atomic mass is 10.0. The molecule has 0 spiro atoms. The summed E-state index contributed by atoms with van der Waals surface area (Å²) in [5, 5.41) is 1.81. The van der Waals surface area contributed by atoms with Gasteiger partial charge in [-0.3, -0.25) is 5.01 Å². The van der Waals surface area contributed by atoms with Crippen LogP contribution in [-0.4, -0.2) is 16.7 Å². The number of ether oxygens (including phenoxy) is 1. The summed E-state index contributed by atoms with van der Waals surface area (Å²) < 4.78 is 5.27. The molecular formula is C14H24N2O2. The van der Waals surface area contributed by atoms with Crippen molar-refractivity contribution in [2.75, 3.05) is 0 Å². The second-order valence-electron chi connectivity index (χ2n) is 5.86. The fourth-order valence-electron chi connectivity index (χ4n) is 1.85. The van der Waals surface area contributed by atoms with Crippen LogP contribution in [0, 0.1) is 0 Å². The predicted molar refractivity (Wildman–Crippen MR) is 72.6 cm³/mol. The monoisotopic (exact) mass is 252 g/mol. The predicted octanol–water partition coefficient (Wildman–Crippen LogP) is 3.72. The van der Waals surface area contributed by atoms with Crippen LogP contribution in [0.1, 0.15) is 54.9 Å². The molecule has 0 atom stereocenters. The van der Waals surface area contributed by atoms with E-state index in [0.717, 1.165) is 17.8 Å². The molecule has 0 aromatic carbocycles. The van der Waals surface area contributed by atoms with Gasteiger partial charge in [0.05, 0.1) is 0 Å². The van der Waals surface area contributed by atoms with E-state index < -0.39 is 11.7 Å². The molecule has 0 saturated heterocycles. The largest absolute Gasteiger partial charge is 0.443 e. The zero-order valence-electron chi connectivity index (χ0n) is 12.5. The molecule has 0 radical (unpaired) electrons. The first-order chi connectivity index (χ1) is 8.11. The van der Waals surface area contributed by atoms with Crippen LogP contribution in [0.15, 0.2) is 22.5 Å². The molecule has 0 unspecified atom stereocenters. The Morgan fingerprint density at radius 2 is 1.56 bits per heavy atom. The van der Waals surface area contributed by atoms with E-state index in [2.05, 4.69) is 19.3 Å². The van der Waals surface area contributed by atoms with Crippen molar-refractivity contribution in [1.29, 1.82) is 0 Å². The van der Waals surface area contributed by atoms with E-state index in [0.29, 0.717) is 0 Å². The van der Waals surface area contributed by atoms with Crippen molar-refractivity contribution < 1.29 is 9.53 Å². The molecule has 4 heteroatoms. The Morgan fingerprint density at radius 3 is 1.94 bits per heavy atom. The van der Waals surface area contributed by atoms with E-state index in [1.807, 2.05) is 39.6 Å². The molecule has 1 aliphatic rings. The van der Waals surface area contributed by atoms with Crippen LogP contribution in [0.25, 0.3) is 0 Å². The molecule has 0 aliphatic carbocycles. The second kappa shape index (κ2) is 5.04. The number of allylic oxidation sites excluding steroid dienone is 4. The van der Waals surface area contributed by atoms with Gasteiger partial charge in [0.1, 0.15) is 5.60 Å². The molecule has 18 heavy (non-hydrogen) atoms. The number of nitrogens with one attached hydrogen (secondary N) is 1. The molecule has 1 heterocycles. The number of carbonyl (C=O) groups is 1. The van der Waals surface area contributed by atoms with Crippen molar-refractivity contribution in [2.45, 2.75) is 60.5 Å². The highest BCUT2D eigenvalue weighted by molar-refractivity contribution is 5.67. The third-order valence-corrected chi connectivity index (χ3v) is 3.04. The average molecular weight is 252 g/mol. The highest BCUT2D eigenvalue weighted by Crippen LogP contribution is 2.28. The molecule has 1 aliphatic heterocycles. The van der Waals surface area contributed by atoms with E-state index in [9.17, 15) is 4.79 Å². The summed E-state index contributed by atoms with van der Waals surface area (Å²) in [6.45, 7) is 13.7. The molecule has 1 rings (SSSR count). The van der Waals surface area contributed by atoms with Gasteiger partial charge in [0.25, 0.3) is 0 Å². The molecule has 0 aromatic heterocycles. The maximum atomic E-state index is 11.8. The Balaban J connectivity index is 2.82. The lowest BCUT2D eigenvalue weighted by molar-refractivity contribution is 0.0409. The number of hydrazine groups is 1. The summed E-state index contributed by atoms with van der Waals surface area (Å²) in [7, 11) is 0. The normalized spacial score (nSPS) is 17.2. The highest BCUT2D eigenvalue weighted by Gasteiger charge is 2.23. The number of rotatable bonds is 1. The third-order valence-electron chi connectivity index (χ3n) is 3.04. The minimum absolute atomic E-state index is 0.427. The average Bonchev–Trinajstić information content (AvgIpc) is 2.19. The minimum atomic E-state index is -0.487. The Bertz CT molecular complexity index is 390. The molecular weight excluding hydrogens is 228 g/mol. The lowest BCUT2D eigenvalue weighted by Crippen LogP contribution is -2.44. The van der Waals surface area contributed by atoms with Crippen LogP contribution in [-0.2, 0) is 4.74 Å². The molecule has 1 amide bonds. The Labute approximate surface area is 110 Å². The first-order valence-corrected chi connectivity index (χ1v) is 6.24. The summed E-state index contributed by atoms with van der Waals surface area (Å²) in [6.07, 6.45) is 0.535. The summed E-state index contributed by atoms with van der Waals surface area (Å²) in [6, 6.07) is 0. The van der Waals surface area contributed by atoms with E-state index >= 15 is 0 Å². The first kappa shape index (κ1) is 14.6. The summed E-state index contributed by atoms with van der Waals surface area (Å²) in [5.41, 5.74) is 6.94. The second-order valence-corrected chi connectivity index (χ2v) is 5.86. The van der Waals surface area contributed by atoms with Gasteiger partial charge in [0.15, 0.2) is 0 Å². The molecule has 0 aromatic rings. The van der Waals surface area contributed by atoms with Crippen LogP contribution in [0.4, 0.5) is 4.79 Å². The minimum Gasteiger partial charge on any atom is -0.443 e. The molecule has 1 N–H and O–H groups in total. The van der Waals surface area contributed by atoms with E-state index in [1.54, 1.807) is 0 Å². The number of amides is 1. The zero-order valence-corrected chi connectivity index (χ0v) is 12.5. The van der Waals surface area contributed by atoms with Crippen molar-refractivity contribution >= 4 is 6.09 Å². The standard InChI is InChI=1S/C14H24N2O2/c1-9-8-10(2)12(4)16(11(9)3)15-13(17)18-14(5,6)7/h8H2,1-7H3,(H,15,17). The molecule has 0 fully saturated rings. The Kier molecular flexibility index (Phi) is 4.09. The number of hydrogen-bond acceptors (Lipinski definition) is 3. The summed E-state index contributed by atoms with van der Waals surface area (Å²) >= 11 is 0. The Morgan fingerprint density at radius 1 is 1.11 bits per heavy atom. The van der Waals surface area contributed by atoms with Crippen LogP contribution in [0.5, 0.6) is 0 Å². The zero-order chi connectivity index (χ0) is 14.1. The number of carbonyl (C=O) groups excluding carboxylic acids is 1. The number of hydrogen-bond donors (Lipinski definition) is 1. The van der Waals surface area contributed by atoms with Gasteiger partial charge in [0, 0.05) is 11.4 Å². The number of nitrogens with zero attached hydrogens (tertiary/aromatic N) is 1. The maximum absolute atomic E-state index is 11.8. The van der Waals surface area contributed by atoms with Crippen molar-refractivity contribution in [1.82, 2.24) is 10.4 Å². The molecule has 102 valence electrons. The Hall–Kier alpha value is -1.45. The topological polar surface area (TPSA) is 41.6 Å². The molecule has 0 saturated carbocycles. The van der Waals surface area contributed by atoms with Gasteiger partial charge >= 0.3 is 6.09 Å². The van der Waals surface area contributed by atoms with Crippen molar-refractivity contribution in [3.05, 3.63) is 22.5 Å². The van der Waals surface area contributed by atoms with Crippen LogP contribution < -0.4 is 5.43 Å². The quantitative estimate of drug-likeness (QED) is 0.773. The SMILES string of the molecule is CC1=C(C)N(NC(=O)OC(C)(C)C)C(C)=C(C)C1. The van der Waals surface area contributed by atoms with Gasteiger partial charge in [-0.15, -0.1) is 0 Å². The lowest BCUT2D eigenvalue weighted by Gasteiger charge is -2.33. The van der Waals surface area contributed by atoms with Crippen LogP contribution in [0.2, 0.25) is 0 Å². The van der Waals surface area contributed by atoms with E-state index in [1.165, 1.54) is 11.1 Å². The fourth-order valence-corrected chi connectivity index (χ4v) is 1.85. The smallest absolute Gasteiger partial charge is 0.426 e. The van der Waals surface area contributed by atoms with Crippen LogP contribution >= 0.6 is 0 Å². The maximum Gasteiger partial charge on any atom is 0.426 e. The van der Waals surface area contributed by atoms with Crippen molar-refractivity contribution in [3.8, 4) is 0 Å². The van der Waals surface area contributed by atoms with Gasteiger partial charge in [-0.05, 0) is 66.0 Å². The third kappa shape index (κ3) is 3.52. The molecule has 0 bridgehead atoms. The van der Waals surface area contributed by atoms with E-state index in [4.69, 9.17) is 4.74 Å². The summed E-state index contributed by atoms with van der Waals surface area (Å²) in [4.78, 5) is 11.8. The summed E-state index contributed by atoms with van der Waals surface area (Å²) in [5.74, 6) is 0. The highest BCUT2D eigenvalue weighted by atomic mass is 16.6. The van der Waals surface area contributed by atoms with Crippen molar-refractivity contribution in [2.24, 2.45) is 0 Å². The van der Waals surface area contributed by atoms with Gasteiger partial charge in [-0.1, -0.05) is 0 Å². The van der Waals surface area contributed by atoms with Gasteiger partial charge in [-0.25, -0.2) is 10.2 Å². The van der Waals surface area contributed by atoms with E-state index in [-0.39, 0.29) is 0 Å².